The maximum Gasteiger partial charge on any atom is 0.140 e. The van der Waals surface area contributed by atoms with Gasteiger partial charge < -0.3 is 19.9 Å². The molecule has 2 N–H and O–H groups in total. The van der Waals surface area contributed by atoms with Gasteiger partial charge in [-0.05, 0) is 88.7 Å². The zero-order valence-corrected chi connectivity index (χ0v) is 21.2. The first kappa shape index (κ1) is 23.6. The topological polar surface area (TPSA) is 51.1 Å². The van der Waals surface area contributed by atoms with Gasteiger partial charge in [0.1, 0.15) is 5.65 Å². The highest BCUT2D eigenvalue weighted by molar-refractivity contribution is 5.92. The molecular weight excluding hydrogens is 408 g/mol. The molecule has 33 heavy (non-hydrogen) atoms. The molecule has 2 aliphatic rings. The molecule has 0 spiro atoms. The molecule has 2 aliphatic heterocycles. The lowest BCUT2D eigenvalue weighted by molar-refractivity contribution is 0.0516. The number of nitrogens with one attached hydrogen (secondary N) is 2. The number of allylic oxidation sites excluding steroid dienone is 3. The molecule has 0 aliphatic carbocycles. The lowest BCUT2D eigenvalue weighted by Crippen LogP contribution is -2.33. The fraction of sp³-hybridized carbons (Fsp3) is 0.536. The molecule has 3 atom stereocenters. The predicted octanol–water partition coefficient (Wildman–Crippen LogP) is 5.74. The van der Waals surface area contributed by atoms with Gasteiger partial charge in [0.05, 0.1) is 0 Å². The van der Waals surface area contributed by atoms with Crippen LogP contribution in [-0.2, 0) is 4.74 Å². The van der Waals surface area contributed by atoms with Gasteiger partial charge in [0.15, 0.2) is 0 Å². The molecular formula is C28H40N4O. The summed E-state index contributed by atoms with van der Waals surface area (Å²) in [6, 6.07) is 4.99. The first-order valence-corrected chi connectivity index (χ1v) is 12.4. The predicted molar refractivity (Wildman–Crippen MR) is 138 cm³/mol. The fourth-order valence-electron chi connectivity index (χ4n) is 5.74. The molecule has 0 amide bonds. The smallest absolute Gasteiger partial charge is 0.140 e. The van der Waals surface area contributed by atoms with Crippen LogP contribution in [0.15, 0.2) is 47.8 Å². The lowest BCUT2D eigenvalue weighted by atomic mass is 9.91. The van der Waals surface area contributed by atoms with Crippen molar-refractivity contribution in [2.75, 3.05) is 19.8 Å². The minimum absolute atomic E-state index is 0.375. The van der Waals surface area contributed by atoms with Gasteiger partial charge in [-0.15, -0.1) is 0 Å². The number of hydrogen-bond acceptors (Lipinski definition) is 4. The monoisotopic (exact) mass is 448 g/mol. The van der Waals surface area contributed by atoms with Crippen LogP contribution < -0.4 is 10.6 Å². The third kappa shape index (κ3) is 4.61. The summed E-state index contributed by atoms with van der Waals surface area (Å²) in [6.07, 6.45) is 6.37. The Morgan fingerprint density at radius 2 is 2.00 bits per heavy atom. The molecule has 1 saturated heterocycles. The Morgan fingerprint density at radius 3 is 2.73 bits per heavy atom. The van der Waals surface area contributed by atoms with Crippen molar-refractivity contribution in [1.82, 2.24) is 20.2 Å². The van der Waals surface area contributed by atoms with Crippen LogP contribution >= 0.6 is 0 Å². The van der Waals surface area contributed by atoms with E-state index in [1.165, 1.54) is 33.5 Å². The highest BCUT2D eigenvalue weighted by atomic mass is 16.5. The molecule has 0 saturated carbocycles. The van der Waals surface area contributed by atoms with Crippen LogP contribution in [0, 0.1) is 18.8 Å². The summed E-state index contributed by atoms with van der Waals surface area (Å²) < 4.78 is 8.05. The van der Waals surface area contributed by atoms with E-state index in [2.05, 4.69) is 75.5 Å². The van der Waals surface area contributed by atoms with Crippen molar-refractivity contribution in [2.45, 2.75) is 66.5 Å². The van der Waals surface area contributed by atoms with Crippen LogP contribution in [0.5, 0.6) is 0 Å². The van der Waals surface area contributed by atoms with E-state index in [0.717, 1.165) is 43.9 Å². The van der Waals surface area contributed by atoms with E-state index in [-0.39, 0.29) is 0 Å². The van der Waals surface area contributed by atoms with Gasteiger partial charge in [-0.1, -0.05) is 13.5 Å². The van der Waals surface area contributed by atoms with Crippen LogP contribution in [-0.4, -0.2) is 35.4 Å². The summed E-state index contributed by atoms with van der Waals surface area (Å²) in [4.78, 5) is 4.80. The highest BCUT2D eigenvalue weighted by Gasteiger charge is 2.27. The van der Waals surface area contributed by atoms with Gasteiger partial charge in [0.2, 0.25) is 0 Å². The minimum Gasteiger partial charge on any atom is -0.386 e. The Kier molecular flexibility index (Phi) is 6.99. The van der Waals surface area contributed by atoms with E-state index in [9.17, 15) is 0 Å². The second kappa shape index (κ2) is 9.76. The molecule has 178 valence electrons. The van der Waals surface area contributed by atoms with E-state index in [1.54, 1.807) is 0 Å². The second-order valence-electron chi connectivity index (χ2n) is 9.98. The largest absolute Gasteiger partial charge is 0.386 e. The van der Waals surface area contributed by atoms with Crippen molar-refractivity contribution in [1.29, 1.82) is 0 Å². The zero-order valence-electron chi connectivity index (χ0n) is 21.2. The van der Waals surface area contributed by atoms with E-state index in [1.807, 2.05) is 12.3 Å². The minimum atomic E-state index is 0.375. The fourth-order valence-corrected chi connectivity index (χ4v) is 5.74. The molecule has 2 aromatic rings. The van der Waals surface area contributed by atoms with Crippen molar-refractivity contribution < 1.29 is 4.74 Å². The number of fused-ring (bicyclic) bond motifs is 1. The third-order valence-corrected chi connectivity index (χ3v) is 7.85. The van der Waals surface area contributed by atoms with E-state index in [0.29, 0.717) is 23.9 Å². The average Bonchev–Trinajstić information content (AvgIpc) is 3.05. The van der Waals surface area contributed by atoms with E-state index in [4.69, 9.17) is 9.72 Å². The van der Waals surface area contributed by atoms with Crippen molar-refractivity contribution >= 4 is 16.7 Å². The molecule has 0 bridgehead atoms. The van der Waals surface area contributed by atoms with Gasteiger partial charge in [0, 0.05) is 66.1 Å². The summed E-state index contributed by atoms with van der Waals surface area (Å²) >= 11 is 0. The van der Waals surface area contributed by atoms with Crippen LogP contribution in [0.4, 0.5) is 0 Å². The second-order valence-corrected chi connectivity index (χ2v) is 9.98. The van der Waals surface area contributed by atoms with Crippen molar-refractivity contribution in [3.63, 3.8) is 0 Å². The molecule has 0 radical (unpaired) electrons. The number of nitrogens with zero attached hydrogens (tertiary/aromatic N) is 2. The maximum atomic E-state index is 5.61. The Morgan fingerprint density at radius 1 is 1.27 bits per heavy atom. The number of rotatable bonds is 6. The Hall–Kier alpha value is -2.53. The van der Waals surface area contributed by atoms with E-state index >= 15 is 0 Å². The summed E-state index contributed by atoms with van der Waals surface area (Å²) in [5.41, 5.74) is 8.46. The van der Waals surface area contributed by atoms with Crippen molar-refractivity contribution in [3.05, 3.63) is 59.1 Å². The molecule has 4 rings (SSSR count). The Bertz CT molecular complexity index is 1090. The van der Waals surface area contributed by atoms with Gasteiger partial charge in [-0.2, -0.15) is 0 Å². The summed E-state index contributed by atoms with van der Waals surface area (Å²) in [7, 11) is 0. The Balaban J connectivity index is 1.64. The number of pyridine rings is 1. The first-order chi connectivity index (χ1) is 15.8. The van der Waals surface area contributed by atoms with E-state index < -0.39 is 0 Å². The zero-order chi connectivity index (χ0) is 23.7. The van der Waals surface area contributed by atoms with Crippen LogP contribution in [0.25, 0.3) is 16.7 Å². The third-order valence-electron chi connectivity index (χ3n) is 7.85. The molecule has 4 heterocycles. The first-order valence-electron chi connectivity index (χ1n) is 12.4. The molecule has 3 unspecified atom stereocenters. The molecule has 2 aromatic heterocycles. The van der Waals surface area contributed by atoms with Gasteiger partial charge in [-0.3, -0.25) is 0 Å². The van der Waals surface area contributed by atoms with Crippen molar-refractivity contribution in [2.24, 2.45) is 11.8 Å². The van der Waals surface area contributed by atoms with Gasteiger partial charge >= 0.3 is 0 Å². The summed E-state index contributed by atoms with van der Waals surface area (Å²) in [5.74, 6) is 1.05. The van der Waals surface area contributed by atoms with Crippen LogP contribution in [0.3, 0.4) is 0 Å². The molecule has 0 aromatic carbocycles. The molecule has 5 nitrogen and oxygen atoms in total. The standard InChI is InChI=1S/C28H40N4O/c1-17-15-18(2)31-20(4)19(3)26(17)16-30-21(5)27-23(7)32(28-25(27)9-8-12-29-28)22(6)24-10-13-33-14-11-24/h8-9,12,15,19-20,22,24,30-31H,5,10-11,13-14,16H2,1-4,6-7H3. The normalized spacial score (nSPS) is 23.2. The highest BCUT2D eigenvalue weighted by Crippen LogP contribution is 2.36. The lowest BCUT2D eigenvalue weighted by Gasteiger charge is -2.30. The number of hydrogen-bond donors (Lipinski definition) is 2. The summed E-state index contributed by atoms with van der Waals surface area (Å²) in [5, 5.41) is 8.46. The van der Waals surface area contributed by atoms with Crippen molar-refractivity contribution in [3.8, 4) is 0 Å². The van der Waals surface area contributed by atoms with Gasteiger partial charge in [-0.25, -0.2) is 4.98 Å². The van der Waals surface area contributed by atoms with Gasteiger partial charge in [0.25, 0.3) is 0 Å². The average molecular weight is 449 g/mol. The number of ether oxygens (including phenoxy) is 1. The number of aromatic nitrogens is 2. The maximum absolute atomic E-state index is 5.61. The quantitative estimate of drug-likeness (QED) is 0.592. The molecule has 1 fully saturated rings. The van der Waals surface area contributed by atoms with Crippen LogP contribution in [0.1, 0.15) is 64.8 Å². The summed E-state index contributed by atoms with van der Waals surface area (Å²) in [6.45, 7) is 20.5. The Labute approximate surface area is 199 Å². The molecule has 5 heteroatoms. The van der Waals surface area contributed by atoms with Crippen LogP contribution in [0.2, 0.25) is 0 Å². The SMILES string of the molecule is C=C(NCC1=C(C)C=C(C)NC(C)C1C)c1c(C)n(C(C)C2CCOCC2)c2ncccc12.